The Balaban J connectivity index is 2.25. The number of halogens is 3. The summed E-state index contributed by atoms with van der Waals surface area (Å²) in [7, 11) is 0. The average molecular weight is 402 g/mol. The summed E-state index contributed by atoms with van der Waals surface area (Å²) in [5.41, 5.74) is 7.91. The molecule has 1 amide bonds. The third kappa shape index (κ3) is 5.98. The van der Waals surface area contributed by atoms with Crippen molar-refractivity contribution in [3.8, 4) is 5.75 Å². The highest BCUT2D eigenvalue weighted by atomic mass is 19.4. The molecule has 6 N–H and O–H groups in total. The number of nitrogens with two attached hydrogens (primary N) is 2. The number of nitrogens with one attached hydrogen (secondary N) is 2. The van der Waals surface area contributed by atoms with E-state index in [2.05, 4.69) is 20.9 Å². The second-order valence-corrected chi connectivity index (χ2v) is 7.72. The van der Waals surface area contributed by atoms with Crippen LogP contribution in [0.3, 0.4) is 0 Å². The Labute approximate surface area is 160 Å². The van der Waals surface area contributed by atoms with Gasteiger partial charge in [0, 0.05) is 17.8 Å². The zero-order valence-electron chi connectivity index (χ0n) is 15.9. The zero-order valence-corrected chi connectivity index (χ0v) is 15.9. The summed E-state index contributed by atoms with van der Waals surface area (Å²) < 4.78 is 42.6. The molecular formula is C17H25F3N6O2. The first-order chi connectivity index (χ1) is 12.9. The van der Waals surface area contributed by atoms with Crippen molar-refractivity contribution in [3.05, 3.63) is 23.5 Å². The Morgan fingerprint density at radius 3 is 2.54 bits per heavy atom. The summed E-state index contributed by atoms with van der Waals surface area (Å²) in [6.45, 7) is 4.05. The van der Waals surface area contributed by atoms with Crippen LogP contribution in [0.4, 0.5) is 13.2 Å². The Kier molecular flexibility index (Phi) is 6.37. The van der Waals surface area contributed by atoms with Crippen molar-refractivity contribution in [1.82, 2.24) is 15.8 Å². The molecule has 0 aromatic carbocycles. The number of amidine groups is 1. The van der Waals surface area contributed by atoms with Crippen molar-refractivity contribution >= 4 is 11.7 Å². The van der Waals surface area contributed by atoms with E-state index < -0.39 is 30.1 Å². The van der Waals surface area contributed by atoms with Gasteiger partial charge in [-0.15, -0.1) is 5.10 Å². The maximum Gasteiger partial charge on any atom is 0.422 e. The lowest BCUT2D eigenvalue weighted by Crippen LogP contribution is -2.53. The van der Waals surface area contributed by atoms with E-state index in [0.29, 0.717) is 5.56 Å². The van der Waals surface area contributed by atoms with E-state index in [1.165, 1.54) is 12.3 Å². The maximum absolute atomic E-state index is 12.6. The highest BCUT2D eigenvalue weighted by molar-refractivity contribution is 5.97. The third-order valence-corrected chi connectivity index (χ3v) is 4.17. The zero-order chi connectivity index (χ0) is 21.1. The first-order valence-electron chi connectivity index (χ1n) is 8.71. The maximum atomic E-state index is 12.6. The SMILES string of the molecule is CC(C)(C)C(NC(=O)c1cc(OCC(F)(F)F)c(C2CC2)cn1)/C(N)=N/NN. The molecule has 1 saturated carbocycles. The molecule has 156 valence electrons. The van der Waals surface area contributed by atoms with Gasteiger partial charge in [0.05, 0.1) is 6.04 Å². The van der Waals surface area contributed by atoms with Crippen LogP contribution in [0.25, 0.3) is 0 Å². The molecule has 11 heteroatoms. The number of amides is 1. The van der Waals surface area contributed by atoms with Crippen LogP contribution >= 0.6 is 0 Å². The molecule has 1 aliphatic carbocycles. The van der Waals surface area contributed by atoms with Crippen molar-refractivity contribution in [3.63, 3.8) is 0 Å². The number of pyridine rings is 1. The number of hydrazine groups is 1. The summed E-state index contributed by atoms with van der Waals surface area (Å²) in [4.78, 5) is 16.7. The van der Waals surface area contributed by atoms with Gasteiger partial charge in [0.15, 0.2) is 6.61 Å². The number of hydrogen-bond donors (Lipinski definition) is 4. The molecule has 0 aliphatic heterocycles. The molecule has 1 fully saturated rings. The number of nitrogens with zero attached hydrogens (tertiary/aromatic N) is 2. The van der Waals surface area contributed by atoms with Gasteiger partial charge in [-0.25, -0.2) is 11.4 Å². The molecule has 0 radical (unpaired) electrons. The summed E-state index contributed by atoms with van der Waals surface area (Å²) in [6.07, 6.45) is -1.39. The molecule has 1 unspecified atom stereocenters. The van der Waals surface area contributed by atoms with Crippen molar-refractivity contribution in [2.45, 2.75) is 51.7 Å². The summed E-state index contributed by atoms with van der Waals surface area (Å²) >= 11 is 0. The van der Waals surface area contributed by atoms with Gasteiger partial charge < -0.3 is 15.8 Å². The van der Waals surface area contributed by atoms with E-state index >= 15 is 0 Å². The minimum atomic E-state index is -4.48. The minimum absolute atomic E-state index is 0.0116. The number of carbonyl (C=O) groups excluding carboxylic acids is 1. The lowest BCUT2D eigenvalue weighted by atomic mass is 9.86. The fourth-order valence-electron chi connectivity index (χ4n) is 2.64. The molecule has 1 aromatic rings. The van der Waals surface area contributed by atoms with Gasteiger partial charge in [-0.3, -0.25) is 9.78 Å². The predicted molar refractivity (Wildman–Crippen MR) is 97.4 cm³/mol. The summed E-state index contributed by atoms with van der Waals surface area (Å²) in [5, 5.41) is 6.39. The molecule has 1 aromatic heterocycles. The van der Waals surface area contributed by atoms with E-state index in [9.17, 15) is 18.0 Å². The number of ether oxygens (including phenoxy) is 1. The van der Waals surface area contributed by atoms with Crippen LogP contribution in [0, 0.1) is 5.41 Å². The standard InChI is InChI=1S/C17H25F3N6O2/c1-16(2,3)13(14(21)25-26-22)24-15(27)11-6-12(28-8-17(18,19)20)10(7-23-11)9-4-5-9/h6-7,9,13,26H,4-5,8,22H2,1-3H3,(H2,21,25)(H,24,27). The Morgan fingerprint density at radius 2 is 2.04 bits per heavy atom. The summed E-state index contributed by atoms with van der Waals surface area (Å²) in [5.74, 6) is 4.69. The van der Waals surface area contributed by atoms with Crippen LogP contribution in [0.2, 0.25) is 0 Å². The predicted octanol–water partition coefficient (Wildman–Crippen LogP) is 1.78. The molecule has 1 atom stereocenters. The molecule has 0 spiro atoms. The number of alkyl halides is 3. The van der Waals surface area contributed by atoms with Gasteiger partial charge in [0.25, 0.3) is 5.91 Å². The van der Waals surface area contributed by atoms with Crippen LogP contribution in [0.1, 0.15) is 55.6 Å². The Morgan fingerprint density at radius 1 is 1.39 bits per heavy atom. The fraction of sp³-hybridized carbons (Fsp3) is 0.588. The largest absolute Gasteiger partial charge is 0.484 e. The van der Waals surface area contributed by atoms with Gasteiger partial charge in [-0.1, -0.05) is 20.8 Å². The van der Waals surface area contributed by atoms with E-state index in [0.717, 1.165) is 12.8 Å². The molecule has 1 heterocycles. The first-order valence-corrected chi connectivity index (χ1v) is 8.71. The van der Waals surface area contributed by atoms with Gasteiger partial charge in [0.1, 0.15) is 17.3 Å². The number of rotatable bonds is 7. The molecule has 8 nitrogen and oxygen atoms in total. The van der Waals surface area contributed by atoms with Crippen molar-refractivity contribution < 1.29 is 22.7 Å². The molecule has 0 saturated heterocycles. The van der Waals surface area contributed by atoms with Crippen LogP contribution < -0.4 is 27.2 Å². The monoisotopic (exact) mass is 402 g/mol. The number of aromatic nitrogens is 1. The van der Waals surface area contributed by atoms with Gasteiger partial charge in [-0.2, -0.15) is 13.2 Å². The molecule has 0 bridgehead atoms. The number of carbonyl (C=O) groups is 1. The van der Waals surface area contributed by atoms with Crippen molar-refractivity contribution in [2.24, 2.45) is 22.1 Å². The number of hydrazone groups is 1. The lowest BCUT2D eigenvalue weighted by Gasteiger charge is -2.30. The highest BCUT2D eigenvalue weighted by Gasteiger charge is 2.33. The highest BCUT2D eigenvalue weighted by Crippen LogP contribution is 2.44. The van der Waals surface area contributed by atoms with Gasteiger partial charge >= 0.3 is 6.18 Å². The lowest BCUT2D eigenvalue weighted by molar-refractivity contribution is -0.153. The molecule has 1 aliphatic rings. The van der Waals surface area contributed by atoms with E-state index in [-0.39, 0.29) is 23.2 Å². The average Bonchev–Trinajstić information content (AvgIpc) is 3.40. The van der Waals surface area contributed by atoms with Crippen LogP contribution in [0.15, 0.2) is 17.4 Å². The van der Waals surface area contributed by atoms with Crippen LogP contribution in [-0.4, -0.2) is 35.6 Å². The third-order valence-electron chi connectivity index (χ3n) is 4.17. The molecule has 28 heavy (non-hydrogen) atoms. The second-order valence-electron chi connectivity index (χ2n) is 7.72. The molecular weight excluding hydrogens is 377 g/mol. The second kappa shape index (κ2) is 8.21. The van der Waals surface area contributed by atoms with E-state index in [4.69, 9.17) is 16.3 Å². The summed E-state index contributed by atoms with van der Waals surface area (Å²) in [6, 6.07) is 0.531. The van der Waals surface area contributed by atoms with Crippen LogP contribution in [0.5, 0.6) is 5.75 Å². The van der Waals surface area contributed by atoms with Gasteiger partial charge in [0.2, 0.25) is 0 Å². The Bertz CT molecular complexity index is 741. The quantitative estimate of drug-likeness (QED) is 0.238. The normalized spacial score (nSPS) is 16.5. The first kappa shape index (κ1) is 21.7. The minimum Gasteiger partial charge on any atom is -0.484 e. The van der Waals surface area contributed by atoms with Crippen LogP contribution in [-0.2, 0) is 0 Å². The molecule has 2 rings (SSSR count). The van der Waals surface area contributed by atoms with E-state index in [1.807, 2.05) is 20.8 Å². The number of hydrogen-bond acceptors (Lipinski definition) is 6. The topological polar surface area (TPSA) is 128 Å². The van der Waals surface area contributed by atoms with Crippen molar-refractivity contribution in [2.75, 3.05) is 6.61 Å². The smallest absolute Gasteiger partial charge is 0.422 e. The van der Waals surface area contributed by atoms with Crippen molar-refractivity contribution in [1.29, 1.82) is 0 Å². The van der Waals surface area contributed by atoms with E-state index in [1.54, 1.807) is 0 Å². The Hall–Kier alpha value is -2.56. The van der Waals surface area contributed by atoms with Gasteiger partial charge in [-0.05, 0) is 24.2 Å². The fourth-order valence-corrected chi connectivity index (χ4v) is 2.64.